The maximum atomic E-state index is 12.1. The second kappa shape index (κ2) is 4.57. The Morgan fingerprint density at radius 2 is 2.19 bits per heavy atom. The number of Topliss-reactive ketones (excluding diaryl/α,β-unsaturated/α-hetero) is 2. The maximum Gasteiger partial charge on any atom is 0.227 e. The second-order valence-corrected chi connectivity index (χ2v) is 5.41. The van der Waals surface area contributed by atoms with Gasteiger partial charge in [0.15, 0.2) is 5.78 Å². The van der Waals surface area contributed by atoms with Crippen LogP contribution in [0.15, 0.2) is 0 Å². The normalized spacial score (nSPS) is 29.8. The third-order valence-corrected chi connectivity index (χ3v) is 4.24. The van der Waals surface area contributed by atoms with Crippen molar-refractivity contribution in [3.63, 3.8) is 0 Å². The van der Waals surface area contributed by atoms with Crippen LogP contribution in [0.2, 0.25) is 0 Å². The molecule has 1 saturated carbocycles. The molecule has 2 rings (SSSR count). The molecular weight excluding hydrogens is 226 g/mol. The molecule has 0 aromatic rings. The summed E-state index contributed by atoms with van der Waals surface area (Å²) in [5.74, 6) is 1.33. The number of hydrogen-bond acceptors (Lipinski definition) is 4. The Bertz CT molecular complexity index is 342. The fourth-order valence-corrected chi connectivity index (χ4v) is 3.50. The molecule has 2 fully saturated rings. The summed E-state index contributed by atoms with van der Waals surface area (Å²) in [7, 11) is 0. The van der Waals surface area contributed by atoms with E-state index in [0.29, 0.717) is 30.9 Å². The standard InChI is InChI=1S/C11H15NO3S/c1-7(13)10-5-16-6-12(10)11(15)8-2-3-9(14)4-8/h8,10H,2-6H2,1H3/t8-,10+/m1/s1. The van der Waals surface area contributed by atoms with E-state index in [9.17, 15) is 14.4 Å². The van der Waals surface area contributed by atoms with Gasteiger partial charge < -0.3 is 4.90 Å². The molecule has 5 heteroatoms. The molecule has 4 nitrogen and oxygen atoms in total. The number of carbonyl (C=O) groups excluding carboxylic acids is 3. The molecule has 0 N–H and O–H groups in total. The summed E-state index contributed by atoms with van der Waals surface area (Å²) >= 11 is 1.61. The average molecular weight is 241 g/mol. The molecule has 1 saturated heterocycles. The van der Waals surface area contributed by atoms with E-state index in [4.69, 9.17) is 0 Å². The van der Waals surface area contributed by atoms with Crippen LogP contribution in [0.25, 0.3) is 0 Å². The topological polar surface area (TPSA) is 54.5 Å². The number of carbonyl (C=O) groups is 3. The van der Waals surface area contributed by atoms with Crippen molar-refractivity contribution >= 4 is 29.2 Å². The van der Waals surface area contributed by atoms with Crippen LogP contribution >= 0.6 is 11.8 Å². The Labute approximate surface area is 98.7 Å². The molecule has 2 atom stereocenters. The van der Waals surface area contributed by atoms with Crippen LogP contribution in [0.4, 0.5) is 0 Å². The van der Waals surface area contributed by atoms with Crippen LogP contribution in [-0.4, -0.2) is 40.0 Å². The van der Waals surface area contributed by atoms with E-state index in [1.807, 2.05) is 0 Å². The van der Waals surface area contributed by atoms with Crippen LogP contribution < -0.4 is 0 Å². The predicted molar refractivity (Wildman–Crippen MR) is 61.0 cm³/mol. The molecule has 0 aromatic heterocycles. The largest absolute Gasteiger partial charge is 0.322 e. The van der Waals surface area contributed by atoms with Gasteiger partial charge in [-0.15, -0.1) is 11.8 Å². The molecule has 0 radical (unpaired) electrons. The smallest absolute Gasteiger partial charge is 0.227 e. The lowest BCUT2D eigenvalue weighted by molar-refractivity contribution is -0.140. The van der Waals surface area contributed by atoms with E-state index >= 15 is 0 Å². The summed E-state index contributed by atoms with van der Waals surface area (Å²) in [5.41, 5.74) is 0. The molecule has 0 spiro atoms. The van der Waals surface area contributed by atoms with Crippen LogP contribution in [0.3, 0.4) is 0 Å². The molecule has 1 aliphatic heterocycles. The highest BCUT2D eigenvalue weighted by molar-refractivity contribution is 7.99. The van der Waals surface area contributed by atoms with Crippen molar-refractivity contribution in [1.82, 2.24) is 4.90 Å². The third-order valence-electron chi connectivity index (χ3n) is 3.23. The lowest BCUT2D eigenvalue weighted by Crippen LogP contribution is -2.43. The molecule has 16 heavy (non-hydrogen) atoms. The van der Waals surface area contributed by atoms with E-state index in [-0.39, 0.29) is 29.4 Å². The van der Waals surface area contributed by atoms with Crippen molar-refractivity contribution in [2.45, 2.75) is 32.2 Å². The zero-order valence-corrected chi connectivity index (χ0v) is 10.1. The van der Waals surface area contributed by atoms with Gasteiger partial charge in [0.2, 0.25) is 5.91 Å². The minimum Gasteiger partial charge on any atom is -0.322 e. The number of thioether (sulfide) groups is 1. The zero-order chi connectivity index (χ0) is 11.7. The highest BCUT2D eigenvalue weighted by Gasteiger charge is 2.38. The molecule has 0 unspecified atom stereocenters. The lowest BCUT2D eigenvalue weighted by atomic mass is 10.1. The summed E-state index contributed by atoms with van der Waals surface area (Å²) in [6.07, 6.45) is 1.54. The van der Waals surface area contributed by atoms with Gasteiger partial charge in [0, 0.05) is 24.5 Å². The number of hydrogen-bond donors (Lipinski definition) is 0. The first kappa shape index (κ1) is 11.6. The van der Waals surface area contributed by atoms with Gasteiger partial charge >= 0.3 is 0 Å². The van der Waals surface area contributed by atoms with Crippen LogP contribution in [0.1, 0.15) is 26.2 Å². The van der Waals surface area contributed by atoms with Gasteiger partial charge in [-0.1, -0.05) is 0 Å². The van der Waals surface area contributed by atoms with Gasteiger partial charge in [-0.05, 0) is 13.3 Å². The fourth-order valence-electron chi connectivity index (χ4n) is 2.26. The van der Waals surface area contributed by atoms with E-state index in [2.05, 4.69) is 0 Å². The van der Waals surface area contributed by atoms with E-state index in [1.54, 1.807) is 16.7 Å². The monoisotopic (exact) mass is 241 g/mol. The first-order valence-electron chi connectivity index (χ1n) is 5.50. The average Bonchev–Trinajstić information content (AvgIpc) is 2.84. The van der Waals surface area contributed by atoms with Crippen molar-refractivity contribution in [3.05, 3.63) is 0 Å². The molecule has 88 valence electrons. The predicted octanol–water partition coefficient (Wildman–Crippen LogP) is 0.846. The molecule has 1 aliphatic carbocycles. The SMILES string of the molecule is CC(=O)[C@@H]1CSCN1C(=O)[C@@H]1CCC(=O)C1. The first-order valence-corrected chi connectivity index (χ1v) is 6.65. The number of amides is 1. The minimum atomic E-state index is -0.270. The van der Waals surface area contributed by atoms with E-state index in [0.717, 1.165) is 0 Å². The van der Waals surface area contributed by atoms with Crippen molar-refractivity contribution in [1.29, 1.82) is 0 Å². The van der Waals surface area contributed by atoms with E-state index < -0.39 is 0 Å². The van der Waals surface area contributed by atoms with Crippen LogP contribution in [0.5, 0.6) is 0 Å². The van der Waals surface area contributed by atoms with Crippen molar-refractivity contribution in [3.8, 4) is 0 Å². The molecule has 2 aliphatic rings. The Morgan fingerprint density at radius 1 is 1.44 bits per heavy atom. The van der Waals surface area contributed by atoms with E-state index in [1.165, 1.54) is 6.92 Å². The van der Waals surface area contributed by atoms with Crippen LogP contribution in [-0.2, 0) is 14.4 Å². The fraction of sp³-hybridized carbons (Fsp3) is 0.727. The summed E-state index contributed by atoms with van der Waals surface area (Å²) in [6, 6.07) is -0.270. The number of ketones is 2. The quantitative estimate of drug-likeness (QED) is 0.719. The van der Waals surface area contributed by atoms with Crippen LogP contribution in [0, 0.1) is 5.92 Å². The molecular formula is C11H15NO3S. The Balaban J connectivity index is 2.03. The van der Waals surface area contributed by atoms with Gasteiger partial charge in [-0.25, -0.2) is 0 Å². The third kappa shape index (κ3) is 2.14. The number of nitrogens with zero attached hydrogens (tertiary/aromatic N) is 1. The summed E-state index contributed by atoms with van der Waals surface area (Å²) in [4.78, 5) is 36.3. The zero-order valence-electron chi connectivity index (χ0n) is 9.27. The molecule has 1 amide bonds. The van der Waals surface area contributed by atoms with Gasteiger partial charge in [-0.3, -0.25) is 14.4 Å². The Hall–Kier alpha value is -0.840. The molecule has 0 bridgehead atoms. The van der Waals surface area contributed by atoms with Gasteiger partial charge in [0.05, 0.1) is 11.9 Å². The first-order chi connectivity index (χ1) is 7.59. The Kier molecular flexibility index (Phi) is 3.33. The summed E-state index contributed by atoms with van der Waals surface area (Å²) < 4.78 is 0. The Morgan fingerprint density at radius 3 is 2.75 bits per heavy atom. The van der Waals surface area contributed by atoms with Crippen molar-refractivity contribution < 1.29 is 14.4 Å². The summed E-state index contributed by atoms with van der Waals surface area (Å²) in [6.45, 7) is 1.52. The lowest BCUT2D eigenvalue weighted by Gasteiger charge is -2.24. The molecule has 0 aromatic carbocycles. The van der Waals surface area contributed by atoms with Gasteiger partial charge in [0.1, 0.15) is 5.78 Å². The second-order valence-electron chi connectivity index (χ2n) is 4.41. The summed E-state index contributed by atoms with van der Waals surface area (Å²) in [5, 5.41) is 0. The highest BCUT2D eigenvalue weighted by Crippen LogP contribution is 2.29. The minimum absolute atomic E-state index is 0.00366. The van der Waals surface area contributed by atoms with Gasteiger partial charge in [-0.2, -0.15) is 0 Å². The van der Waals surface area contributed by atoms with Crippen molar-refractivity contribution in [2.75, 3.05) is 11.6 Å². The van der Waals surface area contributed by atoms with Gasteiger partial charge in [0.25, 0.3) is 0 Å². The van der Waals surface area contributed by atoms with Crippen molar-refractivity contribution in [2.24, 2.45) is 5.92 Å². The molecule has 1 heterocycles. The maximum absolute atomic E-state index is 12.1. The highest BCUT2D eigenvalue weighted by atomic mass is 32.2. The number of rotatable bonds is 2.